The zero-order valence-corrected chi connectivity index (χ0v) is 19.4. The molecule has 0 atom stereocenters. The molecule has 0 bridgehead atoms. The predicted octanol–water partition coefficient (Wildman–Crippen LogP) is 3.37. The van der Waals surface area contributed by atoms with Crippen LogP contribution in [-0.2, 0) is 10.0 Å². The lowest BCUT2D eigenvalue weighted by atomic mass is 9.63. The molecule has 33 heavy (non-hydrogen) atoms. The minimum atomic E-state index is -3.70. The number of pyridine rings is 1. The molecule has 2 aromatic heterocycles. The highest BCUT2D eigenvalue weighted by atomic mass is 32.2. The van der Waals surface area contributed by atoms with Crippen LogP contribution in [0.4, 0.5) is 5.69 Å². The maximum atomic E-state index is 12.8. The third-order valence-electron chi connectivity index (χ3n) is 7.45. The Hall–Kier alpha value is -2.94. The molecule has 2 saturated carbocycles. The third kappa shape index (κ3) is 3.49. The lowest BCUT2D eigenvalue weighted by Crippen LogP contribution is -2.60. The first-order valence-electron chi connectivity index (χ1n) is 11.6. The summed E-state index contributed by atoms with van der Waals surface area (Å²) in [6, 6.07) is 11.5. The molecule has 1 aliphatic heterocycles. The summed E-state index contributed by atoms with van der Waals surface area (Å²) in [6.45, 7) is 1.92. The predicted molar refractivity (Wildman–Crippen MR) is 126 cm³/mol. The summed E-state index contributed by atoms with van der Waals surface area (Å²) >= 11 is 0. The van der Waals surface area contributed by atoms with Crippen molar-refractivity contribution in [1.29, 1.82) is 0 Å². The van der Waals surface area contributed by atoms with Crippen LogP contribution in [0.3, 0.4) is 0 Å². The maximum absolute atomic E-state index is 12.8. The number of rotatable bonds is 5. The zero-order valence-electron chi connectivity index (χ0n) is 18.6. The molecule has 1 amide bonds. The molecule has 1 spiro atoms. The van der Waals surface area contributed by atoms with Gasteiger partial charge in [-0.05, 0) is 43.9 Å². The lowest BCUT2D eigenvalue weighted by molar-refractivity contribution is 0.0906. The van der Waals surface area contributed by atoms with Gasteiger partial charge in [-0.3, -0.25) is 4.79 Å². The number of fused-ring (bicyclic) bond motifs is 1. The third-order valence-corrected chi connectivity index (χ3v) is 8.01. The SMILES string of the molecule is CS(=O)(=O)NC(=O)c1cc(N2CC3(CCC3)C2)c2c(C3CCC3)nn(-c3ccccc3)c2n1. The van der Waals surface area contributed by atoms with Gasteiger partial charge in [0.2, 0.25) is 10.0 Å². The van der Waals surface area contributed by atoms with E-state index in [0.717, 1.165) is 54.6 Å². The average molecular weight is 466 g/mol. The van der Waals surface area contributed by atoms with E-state index < -0.39 is 15.9 Å². The fourth-order valence-electron chi connectivity index (χ4n) is 5.35. The molecule has 8 nitrogen and oxygen atoms in total. The van der Waals surface area contributed by atoms with Gasteiger partial charge in [-0.2, -0.15) is 5.10 Å². The van der Waals surface area contributed by atoms with Gasteiger partial charge in [-0.1, -0.05) is 31.0 Å². The minimum Gasteiger partial charge on any atom is -0.370 e. The first-order chi connectivity index (χ1) is 15.8. The fraction of sp³-hybridized carbons (Fsp3) is 0.458. The van der Waals surface area contributed by atoms with Crippen molar-refractivity contribution in [2.75, 3.05) is 24.2 Å². The van der Waals surface area contributed by atoms with Crippen LogP contribution in [-0.4, -0.2) is 48.4 Å². The van der Waals surface area contributed by atoms with Crippen LogP contribution in [0.25, 0.3) is 16.7 Å². The molecule has 3 heterocycles. The highest BCUT2D eigenvalue weighted by Crippen LogP contribution is 2.51. The molecule has 2 aliphatic carbocycles. The monoisotopic (exact) mass is 465 g/mol. The maximum Gasteiger partial charge on any atom is 0.283 e. The number of carbonyl (C=O) groups excluding carboxylic acids is 1. The number of anilines is 1. The smallest absolute Gasteiger partial charge is 0.283 e. The van der Waals surface area contributed by atoms with Gasteiger partial charge in [0, 0.05) is 24.4 Å². The Labute approximate surface area is 193 Å². The van der Waals surface area contributed by atoms with E-state index >= 15 is 0 Å². The van der Waals surface area contributed by atoms with E-state index in [2.05, 4.69) is 14.6 Å². The number of carbonyl (C=O) groups is 1. The molecular weight excluding hydrogens is 438 g/mol. The Balaban J connectivity index is 1.55. The number of nitrogens with zero attached hydrogens (tertiary/aromatic N) is 4. The molecule has 1 aromatic carbocycles. The van der Waals surface area contributed by atoms with Crippen molar-refractivity contribution in [2.45, 2.75) is 44.4 Å². The lowest BCUT2D eigenvalue weighted by Gasteiger charge is -2.57. The molecule has 9 heteroatoms. The quantitative estimate of drug-likeness (QED) is 0.621. The van der Waals surface area contributed by atoms with Gasteiger partial charge in [0.05, 0.1) is 28.7 Å². The number of para-hydroxylation sites is 1. The van der Waals surface area contributed by atoms with E-state index in [-0.39, 0.29) is 5.69 Å². The van der Waals surface area contributed by atoms with Crippen molar-refractivity contribution < 1.29 is 13.2 Å². The first-order valence-corrected chi connectivity index (χ1v) is 13.5. The van der Waals surface area contributed by atoms with Crippen LogP contribution >= 0.6 is 0 Å². The summed E-state index contributed by atoms with van der Waals surface area (Å²) in [6.07, 6.45) is 8.13. The second kappa shape index (κ2) is 7.28. The number of nitrogens with one attached hydrogen (secondary N) is 1. The molecule has 1 saturated heterocycles. The summed E-state index contributed by atoms with van der Waals surface area (Å²) in [4.78, 5) is 19.8. The Kier molecular flexibility index (Phi) is 4.56. The molecular formula is C24H27N5O3S. The van der Waals surface area contributed by atoms with E-state index in [1.54, 1.807) is 6.07 Å². The zero-order chi connectivity index (χ0) is 22.8. The van der Waals surface area contributed by atoms with E-state index in [1.165, 1.54) is 25.7 Å². The molecule has 3 aliphatic rings. The van der Waals surface area contributed by atoms with Gasteiger partial charge in [-0.25, -0.2) is 22.8 Å². The van der Waals surface area contributed by atoms with Crippen molar-refractivity contribution in [3.8, 4) is 5.69 Å². The normalized spacial score (nSPS) is 19.7. The van der Waals surface area contributed by atoms with Crippen molar-refractivity contribution in [2.24, 2.45) is 5.41 Å². The van der Waals surface area contributed by atoms with Crippen molar-refractivity contribution in [3.05, 3.63) is 47.8 Å². The Morgan fingerprint density at radius 2 is 1.85 bits per heavy atom. The van der Waals surface area contributed by atoms with Crippen LogP contribution in [0.1, 0.15) is 60.6 Å². The van der Waals surface area contributed by atoms with Gasteiger partial charge in [0.1, 0.15) is 5.69 Å². The highest BCUT2D eigenvalue weighted by Gasteiger charge is 2.48. The number of amides is 1. The molecule has 0 radical (unpaired) electrons. The Morgan fingerprint density at radius 3 is 2.42 bits per heavy atom. The van der Waals surface area contributed by atoms with Crippen molar-refractivity contribution >= 4 is 32.7 Å². The fourth-order valence-corrected chi connectivity index (χ4v) is 5.79. The van der Waals surface area contributed by atoms with Crippen LogP contribution < -0.4 is 9.62 Å². The van der Waals surface area contributed by atoms with Gasteiger partial charge >= 0.3 is 0 Å². The molecule has 3 fully saturated rings. The number of hydrogen-bond donors (Lipinski definition) is 1. The number of sulfonamides is 1. The van der Waals surface area contributed by atoms with Gasteiger partial charge in [-0.15, -0.1) is 0 Å². The second-order valence-electron chi connectivity index (χ2n) is 9.90. The molecule has 172 valence electrons. The van der Waals surface area contributed by atoms with Crippen LogP contribution in [0, 0.1) is 5.41 Å². The standard InChI is InChI=1S/C24H27N5O3S/c1-33(31,32)27-23(30)18-13-19(28-14-24(15-28)11-6-12-24)20-21(16-7-5-8-16)26-29(22(20)25-18)17-9-3-2-4-10-17/h2-4,9-10,13,16H,5-8,11-12,14-15H2,1H3,(H,27,30). The summed E-state index contributed by atoms with van der Waals surface area (Å²) in [5.41, 5.74) is 3.94. The van der Waals surface area contributed by atoms with E-state index in [4.69, 9.17) is 5.10 Å². The summed E-state index contributed by atoms with van der Waals surface area (Å²) < 4.78 is 27.4. The second-order valence-corrected chi connectivity index (χ2v) is 11.6. The van der Waals surface area contributed by atoms with Gasteiger partial charge in [0.15, 0.2) is 5.65 Å². The van der Waals surface area contributed by atoms with E-state index in [1.807, 2.05) is 35.0 Å². The number of hydrogen-bond acceptors (Lipinski definition) is 6. The topological polar surface area (TPSA) is 97.2 Å². The first kappa shape index (κ1) is 20.7. The molecule has 0 unspecified atom stereocenters. The summed E-state index contributed by atoms with van der Waals surface area (Å²) in [5, 5.41) is 6.00. The highest BCUT2D eigenvalue weighted by molar-refractivity contribution is 7.89. The van der Waals surface area contributed by atoms with Gasteiger partial charge in [0.25, 0.3) is 5.91 Å². The van der Waals surface area contributed by atoms with Crippen LogP contribution in [0.2, 0.25) is 0 Å². The van der Waals surface area contributed by atoms with Gasteiger partial charge < -0.3 is 4.90 Å². The summed E-state index contributed by atoms with van der Waals surface area (Å²) in [7, 11) is -3.70. The molecule has 3 aromatic rings. The Bertz CT molecular complexity index is 1350. The number of aromatic nitrogens is 3. The van der Waals surface area contributed by atoms with Crippen LogP contribution in [0.15, 0.2) is 36.4 Å². The van der Waals surface area contributed by atoms with Crippen molar-refractivity contribution in [3.63, 3.8) is 0 Å². The average Bonchev–Trinajstić information content (AvgIpc) is 3.03. The minimum absolute atomic E-state index is 0.0923. The van der Waals surface area contributed by atoms with E-state index in [9.17, 15) is 13.2 Å². The van der Waals surface area contributed by atoms with Crippen LogP contribution in [0.5, 0.6) is 0 Å². The van der Waals surface area contributed by atoms with E-state index in [0.29, 0.717) is 17.0 Å². The van der Waals surface area contributed by atoms with Crippen molar-refractivity contribution in [1.82, 2.24) is 19.5 Å². The molecule has 1 N–H and O–H groups in total. The number of benzene rings is 1. The molecule has 6 rings (SSSR count). The Morgan fingerprint density at radius 1 is 1.12 bits per heavy atom. The largest absolute Gasteiger partial charge is 0.370 e. The summed E-state index contributed by atoms with van der Waals surface area (Å²) in [5.74, 6) is -0.335.